The van der Waals surface area contributed by atoms with Gasteiger partial charge in [-0.3, -0.25) is 4.79 Å². The predicted molar refractivity (Wildman–Crippen MR) is 111 cm³/mol. The van der Waals surface area contributed by atoms with Gasteiger partial charge in [0.25, 0.3) is 5.91 Å². The Kier molecular flexibility index (Phi) is 6.53. The van der Waals surface area contributed by atoms with Crippen LogP contribution in [0.15, 0.2) is 42.5 Å². The molecule has 1 aliphatic carbocycles. The lowest BCUT2D eigenvalue weighted by atomic mass is 9.92. The molecular weight excluding hydrogens is 385 g/mol. The summed E-state index contributed by atoms with van der Waals surface area (Å²) in [4.78, 5) is 14.3. The minimum absolute atomic E-state index is 0.0340. The second-order valence-electron chi connectivity index (χ2n) is 8.04. The lowest BCUT2D eigenvalue weighted by Gasteiger charge is -2.22. The zero-order valence-corrected chi connectivity index (χ0v) is 17.1. The molecule has 30 heavy (non-hydrogen) atoms. The van der Waals surface area contributed by atoms with Crippen LogP contribution in [0, 0.1) is 5.82 Å². The first-order valence-corrected chi connectivity index (χ1v) is 10.7. The van der Waals surface area contributed by atoms with Gasteiger partial charge in [0.2, 0.25) is 0 Å². The predicted octanol–water partition coefficient (Wildman–Crippen LogP) is 3.51. The van der Waals surface area contributed by atoms with E-state index in [9.17, 15) is 14.3 Å². The van der Waals surface area contributed by atoms with Crippen LogP contribution in [0.5, 0.6) is 11.5 Å². The highest BCUT2D eigenvalue weighted by atomic mass is 19.1. The second kappa shape index (κ2) is 9.47. The van der Waals surface area contributed by atoms with Gasteiger partial charge >= 0.3 is 0 Å². The Morgan fingerprint density at radius 2 is 1.83 bits per heavy atom. The number of para-hydroxylation sites is 1. The van der Waals surface area contributed by atoms with Crippen LogP contribution in [0.25, 0.3) is 0 Å². The largest absolute Gasteiger partial charge is 0.485 e. The van der Waals surface area contributed by atoms with E-state index >= 15 is 0 Å². The number of hydrogen-bond acceptors (Lipinski definition) is 4. The van der Waals surface area contributed by atoms with Crippen LogP contribution in [0.3, 0.4) is 0 Å². The molecular formula is C24H28FNO4. The van der Waals surface area contributed by atoms with Crippen LogP contribution >= 0.6 is 0 Å². The Morgan fingerprint density at radius 3 is 2.67 bits per heavy atom. The SMILES string of the molecule is O=C(COc1ccc2c(c1)CCCC2)N1CC[C@H](Oc2ccccc2F)[C@@H](O)CC1. The fourth-order valence-electron chi connectivity index (χ4n) is 4.19. The molecule has 2 aromatic rings. The number of halogens is 1. The van der Waals surface area contributed by atoms with Crippen molar-refractivity contribution < 1.29 is 23.8 Å². The zero-order chi connectivity index (χ0) is 20.9. The van der Waals surface area contributed by atoms with Crippen LogP contribution in [-0.4, -0.2) is 47.8 Å². The van der Waals surface area contributed by atoms with Crippen LogP contribution < -0.4 is 9.47 Å². The van der Waals surface area contributed by atoms with Crippen molar-refractivity contribution in [2.45, 2.75) is 50.7 Å². The molecule has 0 spiro atoms. The van der Waals surface area contributed by atoms with E-state index in [0.717, 1.165) is 18.6 Å². The number of benzene rings is 2. The molecule has 1 amide bonds. The van der Waals surface area contributed by atoms with Crippen molar-refractivity contribution in [3.8, 4) is 11.5 Å². The van der Waals surface area contributed by atoms with E-state index < -0.39 is 18.0 Å². The zero-order valence-electron chi connectivity index (χ0n) is 17.1. The van der Waals surface area contributed by atoms with Gasteiger partial charge in [0.15, 0.2) is 18.2 Å². The van der Waals surface area contributed by atoms with Gasteiger partial charge in [-0.1, -0.05) is 18.2 Å². The number of aryl methyl sites for hydroxylation is 2. The highest BCUT2D eigenvalue weighted by molar-refractivity contribution is 5.77. The van der Waals surface area contributed by atoms with Crippen molar-refractivity contribution >= 4 is 5.91 Å². The number of ether oxygens (including phenoxy) is 2. The molecule has 0 aromatic heterocycles. The number of carbonyl (C=O) groups is 1. The third kappa shape index (κ3) is 4.93. The molecule has 1 fully saturated rings. The molecule has 1 N–H and O–H groups in total. The van der Waals surface area contributed by atoms with Crippen LogP contribution in [0.4, 0.5) is 4.39 Å². The monoisotopic (exact) mass is 413 g/mol. The highest BCUT2D eigenvalue weighted by Gasteiger charge is 2.29. The Bertz CT molecular complexity index is 887. The Labute approximate surface area is 176 Å². The van der Waals surface area contributed by atoms with Gasteiger partial charge in [0, 0.05) is 19.5 Å². The van der Waals surface area contributed by atoms with Crippen molar-refractivity contribution in [2.75, 3.05) is 19.7 Å². The molecule has 5 nitrogen and oxygen atoms in total. The molecule has 4 rings (SSSR count). The van der Waals surface area contributed by atoms with E-state index in [1.165, 1.54) is 30.0 Å². The smallest absolute Gasteiger partial charge is 0.260 e. The fraction of sp³-hybridized carbons (Fsp3) is 0.458. The molecule has 0 saturated carbocycles. The lowest BCUT2D eigenvalue weighted by molar-refractivity contribution is -0.133. The summed E-state index contributed by atoms with van der Waals surface area (Å²) in [6.07, 6.45) is 4.10. The average Bonchev–Trinajstić information content (AvgIpc) is 2.95. The summed E-state index contributed by atoms with van der Waals surface area (Å²) < 4.78 is 25.3. The van der Waals surface area contributed by atoms with Crippen molar-refractivity contribution in [2.24, 2.45) is 0 Å². The van der Waals surface area contributed by atoms with Gasteiger partial charge in [-0.05, 0) is 67.5 Å². The summed E-state index contributed by atoms with van der Waals surface area (Å²) in [5, 5.41) is 10.4. The van der Waals surface area contributed by atoms with Gasteiger partial charge in [-0.2, -0.15) is 0 Å². The first-order valence-electron chi connectivity index (χ1n) is 10.7. The average molecular weight is 413 g/mol. The maximum Gasteiger partial charge on any atom is 0.260 e. The van der Waals surface area contributed by atoms with Crippen LogP contribution in [0.1, 0.15) is 36.8 Å². The Balaban J connectivity index is 1.31. The van der Waals surface area contributed by atoms with Crippen LogP contribution in [0.2, 0.25) is 0 Å². The Hall–Kier alpha value is -2.60. The number of hydrogen-bond donors (Lipinski definition) is 1. The number of amides is 1. The molecule has 160 valence electrons. The summed E-state index contributed by atoms with van der Waals surface area (Å²) in [6.45, 7) is 0.820. The molecule has 1 aliphatic heterocycles. The summed E-state index contributed by atoms with van der Waals surface area (Å²) in [5.41, 5.74) is 2.69. The molecule has 0 unspecified atom stereocenters. The number of fused-ring (bicyclic) bond motifs is 1. The van der Waals surface area contributed by atoms with E-state index in [0.29, 0.717) is 25.9 Å². The molecule has 0 radical (unpaired) electrons. The second-order valence-corrected chi connectivity index (χ2v) is 8.04. The van der Waals surface area contributed by atoms with E-state index in [-0.39, 0.29) is 18.3 Å². The third-order valence-corrected chi connectivity index (χ3v) is 5.96. The van der Waals surface area contributed by atoms with Gasteiger partial charge in [0.1, 0.15) is 11.9 Å². The van der Waals surface area contributed by atoms with Crippen LogP contribution in [-0.2, 0) is 17.6 Å². The molecule has 1 heterocycles. The fourth-order valence-corrected chi connectivity index (χ4v) is 4.19. The maximum atomic E-state index is 13.9. The molecule has 2 atom stereocenters. The van der Waals surface area contributed by atoms with Crippen molar-refractivity contribution in [1.82, 2.24) is 4.90 Å². The summed E-state index contributed by atoms with van der Waals surface area (Å²) in [5.74, 6) is 0.267. The minimum atomic E-state index is -0.760. The highest BCUT2D eigenvalue weighted by Crippen LogP contribution is 2.26. The van der Waals surface area contributed by atoms with E-state index in [1.54, 1.807) is 23.1 Å². The van der Waals surface area contributed by atoms with Crippen molar-refractivity contribution in [3.05, 3.63) is 59.4 Å². The van der Waals surface area contributed by atoms with E-state index in [4.69, 9.17) is 9.47 Å². The third-order valence-electron chi connectivity index (χ3n) is 5.96. The number of nitrogens with zero attached hydrogens (tertiary/aromatic N) is 1. The van der Waals surface area contributed by atoms with Gasteiger partial charge in [0.05, 0.1) is 6.10 Å². The Morgan fingerprint density at radius 1 is 1.07 bits per heavy atom. The van der Waals surface area contributed by atoms with Crippen molar-refractivity contribution in [3.63, 3.8) is 0 Å². The number of rotatable bonds is 5. The van der Waals surface area contributed by atoms with E-state index in [1.807, 2.05) is 12.1 Å². The molecule has 2 aliphatic rings. The summed E-state index contributed by atoms with van der Waals surface area (Å²) in [7, 11) is 0. The first kappa shape index (κ1) is 20.7. The number of aliphatic hydroxyl groups is 1. The molecule has 1 saturated heterocycles. The maximum absolute atomic E-state index is 13.9. The first-order chi connectivity index (χ1) is 14.6. The van der Waals surface area contributed by atoms with Crippen molar-refractivity contribution in [1.29, 1.82) is 0 Å². The normalized spacial score (nSPS) is 21.5. The quantitative estimate of drug-likeness (QED) is 0.815. The molecule has 6 heteroatoms. The lowest BCUT2D eigenvalue weighted by Crippen LogP contribution is -2.36. The molecule has 2 aromatic carbocycles. The summed E-state index contributed by atoms with van der Waals surface area (Å²) >= 11 is 0. The number of carbonyl (C=O) groups excluding carboxylic acids is 1. The number of likely N-dealkylation sites (tertiary alicyclic amines) is 1. The van der Waals surface area contributed by atoms with E-state index in [2.05, 4.69) is 6.07 Å². The standard InChI is InChI=1S/C24H28FNO4/c25-20-7-3-4-8-22(20)30-23-12-14-26(13-11-21(23)27)24(28)16-29-19-10-9-17-5-1-2-6-18(17)15-19/h3-4,7-10,15,21,23,27H,1-2,5-6,11-14,16H2/t21-,23-/m0/s1. The van der Waals surface area contributed by atoms with Gasteiger partial charge in [-0.25, -0.2) is 4.39 Å². The molecule has 0 bridgehead atoms. The van der Waals surface area contributed by atoms with Gasteiger partial charge < -0.3 is 19.5 Å². The number of aliphatic hydroxyl groups excluding tert-OH is 1. The summed E-state index contributed by atoms with van der Waals surface area (Å²) in [6, 6.07) is 12.2. The van der Waals surface area contributed by atoms with Gasteiger partial charge in [-0.15, -0.1) is 0 Å². The minimum Gasteiger partial charge on any atom is -0.485 e. The topological polar surface area (TPSA) is 59.0 Å².